The smallest absolute Gasteiger partial charge is 0.483 e. The summed E-state index contributed by atoms with van der Waals surface area (Å²) < 4.78 is 0. The predicted octanol–water partition coefficient (Wildman–Crippen LogP) is 3.95. The van der Waals surface area contributed by atoms with Crippen LogP contribution in [0.4, 0.5) is 0 Å². The van der Waals surface area contributed by atoms with Gasteiger partial charge in [-0.3, -0.25) is 19.2 Å². The third-order valence-corrected chi connectivity index (χ3v) is 1.61. The Hall–Kier alpha value is -2.12. The van der Waals surface area contributed by atoms with Gasteiger partial charge < -0.3 is 26.2 Å². The first-order chi connectivity index (χ1) is 13.6. The first-order valence-electron chi connectivity index (χ1n) is 8.93. The Balaban J connectivity index is -0.0000000201. The Morgan fingerprint density at radius 3 is 1.06 bits per heavy atom. The van der Waals surface area contributed by atoms with Gasteiger partial charge in [0.25, 0.3) is 24.4 Å². The number of carboxylic acid groups (broad SMARTS) is 4. The molecule has 0 saturated carbocycles. The molecule has 0 aliphatic carbocycles. The molecule has 0 heterocycles. The number of carboxylic acids is 3. The molecule has 0 amide bonds. The Labute approximate surface area is 209 Å². The van der Waals surface area contributed by atoms with E-state index >= 15 is 0 Å². The Kier molecular flexibility index (Phi) is 112. The first kappa shape index (κ1) is 57.2. The fourth-order valence-corrected chi connectivity index (χ4v) is 0.911. The number of hydrogen-bond acceptors (Lipinski definition) is 7. The van der Waals surface area contributed by atoms with Gasteiger partial charge in [-0.2, -0.15) is 9.59 Å². The zero-order chi connectivity index (χ0) is 26.1. The van der Waals surface area contributed by atoms with Crippen molar-refractivity contribution in [1.29, 1.82) is 0 Å². The van der Waals surface area contributed by atoms with Gasteiger partial charge in [-0.25, -0.2) is 0 Å². The summed E-state index contributed by atoms with van der Waals surface area (Å²) in [6, 6.07) is 0. The zero-order valence-corrected chi connectivity index (χ0v) is 21.2. The molecule has 0 radical (unpaired) electrons. The fraction of sp³-hybridized carbons (Fsp3) is 0.750. The van der Waals surface area contributed by atoms with E-state index in [4.69, 9.17) is 54.9 Å². The van der Waals surface area contributed by atoms with Crippen LogP contribution in [-0.2, 0) is 49.2 Å². The van der Waals surface area contributed by atoms with Crippen molar-refractivity contribution >= 4 is 30.5 Å². The molecule has 0 aromatic rings. The van der Waals surface area contributed by atoms with Gasteiger partial charge >= 0.3 is 26.6 Å². The molecule has 0 aliphatic heterocycles. The number of carbonyl (C=O) groups is 4. The van der Waals surface area contributed by atoms with Crippen molar-refractivity contribution in [1.82, 2.24) is 0 Å². The van der Waals surface area contributed by atoms with Gasteiger partial charge in [0.15, 0.2) is 0 Å². The van der Waals surface area contributed by atoms with Crippen LogP contribution in [0.25, 0.3) is 0 Å². The van der Waals surface area contributed by atoms with Gasteiger partial charge in [-0.1, -0.05) is 54.9 Å². The molecule has 0 aromatic carbocycles. The van der Waals surface area contributed by atoms with Crippen molar-refractivity contribution < 1.29 is 72.5 Å². The summed E-state index contributed by atoms with van der Waals surface area (Å²) in [5, 5.41) is 29.1. The quantitative estimate of drug-likeness (QED) is 0.241. The van der Waals surface area contributed by atoms with Crippen LogP contribution >= 0.6 is 0 Å². The molecule has 0 saturated heterocycles. The van der Waals surface area contributed by atoms with Crippen LogP contribution in [0.3, 0.4) is 0 Å². The molecule has 0 rings (SSSR count). The van der Waals surface area contributed by atoms with E-state index in [1.807, 2.05) is 0 Å². The molecule has 0 fully saturated rings. The standard InChI is InChI=1S/C6H14.C5H13N.3C2H4O2.CH2O2.CO2.CH4.Pd.2H2/c1-4-5-6(2)3;1-5(2)3-4-6;3*1-2(3)4;2*2-1-3;;;;/h6H,4-5H2,1-3H3;5H,3-4,6H2,1-2H3;3*1H3,(H,3,4);1H,(H,2,3);;1H4;;2*1H/q;;;;;;;;+2;;/i;;;;;;;;;1+1;. The summed E-state index contributed by atoms with van der Waals surface area (Å²) in [4.78, 5) is 51.6. The molecular formula is C20H49NO10Pd+2. The molecule has 0 bridgehead atoms. The van der Waals surface area contributed by atoms with Crippen molar-refractivity contribution in [2.75, 3.05) is 6.54 Å². The van der Waals surface area contributed by atoms with Crippen LogP contribution < -0.4 is 5.73 Å². The van der Waals surface area contributed by atoms with Crippen molar-refractivity contribution in [3.63, 3.8) is 0 Å². The van der Waals surface area contributed by atoms with Crippen molar-refractivity contribution in [3.8, 4) is 0 Å². The van der Waals surface area contributed by atoms with Gasteiger partial charge in [0.2, 0.25) is 0 Å². The predicted molar refractivity (Wildman–Crippen MR) is 123 cm³/mol. The van der Waals surface area contributed by atoms with E-state index in [9.17, 15) is 0 Å². The maximum absolute atomic E-state index is 9.00. The van der Waals surface area contributed by atoms with Gasteiger partial charge in [0, 0.05) is 23.6 Å². The summed E-state index contributed by atoms with van der Waals surface area (Å²) in [6.45, 7) is 14.9. The number of aliphatic carboxylic acids is 3. The number of rotatable bonds is 4. The van der Waals surface area contributed by atoms with Crippen LogP contribution in [-0.4, -0.2) is 57.5 Å². The minimum Gasteiger partial charge on any atom is -0.483 e. The Morgan fingerprint density at radius 1 is 0.906 bits per heavy atom. The van der Waals surface area contributed by atoms with E-state index in [1.54, 1.807) is 0 Å². The molecule has 12 heteroatoms. The largest absolute Gasteiger partial charge is 2.00 e. The molecule has 0 atom stereocenters. The average molecular weight is 571 g/mol. The van der Waals surface area contributed by atoms with E-state index < -0.39 is 17.9 Å². The first-order valence-corrected chi connectivity index (χ1v) is 8.93. The van der Waals surface area contributed by atoms with E-state index in [0.717, 1.165) is 45.6 Å². The summed E-state index contributed by atoms with van der Waals surface area (Å²) >= 11 is 0. The Bertz CT molecular complexity index is 358. The molecule has 0 spiro atoms. The maximum Gasteiger partial charge on any atom is 2.00 e. The second-order valence-electron chi connectivity index (χ2n) is 5.90. The van der Waals surface area contributed by atoms with Gasteiger partial charge in [-0.15, -0.1) is 0 Å². The fourth-order valence-electron chi connectivity index (χ4n) is 0.911. The minimum absolute atomic E-state index is 0. The molecule has 32 heavy (non-hydrogen) atoms. The Morgan fingerprint density at radius 2 is 1.06 bits per heavy atom. The van der Waals surface area contributed by atoms with Gasteiger partial charge in [0.05, 0.1) is 0 Å². The van der Waals surface area contributed by atoms with Gasteiger partial charge in [-0.05, 0) is 24.8 Å². The summed E-state index contributed by atoms with van der Waals surface area (Å²) in [5.74, 6) is -0.829. The third-order valence-electron chi connectivity index (χ3n) is 1.61. The second-order valence-corrected chi connectivity index (χ2v) is 5.90. The van der Waals surface area contributed by atoms with E-state index in [0.29, 0.717) is 0 Å². The van der Waals surface area contributed by atoms with Crippen LogP contribution in [0, 0.1) is 11.8 Å². The molecule has 0 aliphatic rings. The SMILES string of the molecule is C.CC(=O)O.CC(=O)O.CC(=O)O.CC(C)CCN.CCCC(C)C.O=C=O.O=CO.[2HH].[HH].[Pd+2]. The number of nitrogens with two attached hydrogens (primary N) is 1. The molecule has 11 nitrogen and oxygen atoms in total. The molecular weight excluding hydrogens is 521 g/mol. The number of carbonyl (C=O) groups excluding carboxylic acids is 2. The monoisotopic (exact) mass is 570 g/mol. The maximum atomic E-state index is 9.00. The van der Waals surface area contributed by atoms with E-state index in [-0.39, 0.29) is 43.3 Å². The summed E-state index contributed by atoms with van der Waals surface area (Å²) in [5.41, 5.74) is 5.23. The minimum atomic E-state index is -0.833. The second kappa shape index (κ2) is 63.0. The third kappa shape index (κ3) is 1340. The summed E-state index contributed by atoms with van der Waals surface area (Å²) in [7, 11) is 0. The molecule has 0 unspecified atom stereocenters. The zero-order valence-electron chi connectivity index (χ0n) is 19.7. The van der Waals surface area contributed by atoms with Crippen molar-refractivity contribution in [2.24, 2.45) is 17.6 Å². The van der Waals surface area contributed by atoms with Crippen molar-refractivity contribution in [2.45, 2.75) is 82.1 Å². The molecule has 202 valence electrons. The normalized spacial score (nSPS) is 6.72. The van der Waals surface area contributed by atoms with E-state index in [2.05, 4.69) is 34.6 Å². The average Bonchev–Trinajstić information content (AvgIpc) is 2.47. The summed E-state index contributed by atoms with van der Waals surface area (Å²) in [6.07, 6.45) is 4.11. The van der Waals surface area contributed by atoms with Crippen LogP contribution in [0.15, 0.2) is 0 Å². The van der Waals surface area contributed by atoms with Crippen LogP contribution in [0.5, 0.6) is 0 Å². The van der Waals surface area contributed by atoms with Crippen LogP contribution in [0.2, 0.25) is 0 Å². The molecule has 0 aromatic heterocycles. The van der Waals surface area contributed by atoms with Gasteiger partial charge in [0.1, 0.15) is 0 Å². The van der Waals surface area contributed by atoms with Crippen molar-refractivity contribution in [3.05, 3.63) is 0 Å². The number of hydrogen-bond donors (Lipinski definition) is 5. The van der Waals surface area contributed by atoms with E-state index in [1.165, 1.54) is 12.8 Å². The topological polar surface area (TPSA) is 209 Å². The van der Waals surface area contributed by atoms with Crippen LogP contribution in [0.1, 0.15) is 84.9 Å². The molecule has 6 N–H and O–H groups in total.